The molecule has 1 aromatic carbocycles. The molecular weight excluding hydrogens is 208 g/mol. The Morgan fingerprint density at radius 2 is 2.00 bits per heavy atom. The van der Waals surface area contributed by atoms with Crippen LogP contribution in [-0.2, 0) is 0 Å². The minimum absolute atomic E-state index is 0.537. The number of nitrogens with one attached hydrogen (secondary N) is 1. The highest BCUT2D eigenvalue weighted by atomic mass is 15.2. The van der Waals surface area contributed by atoms with Gasteiger partial charge in [0.2, 0.25) is 0 Å². The van der Waals surface area contributed by atoms with Gasteiger partial charge in [0.1, 0.15) is 0 Å². The van der Waals surface area contributed by atoms with E-state index in [-0.39, 0.29) is 0 Å². The molecule has 1 aliphatic heterocycles. The van der Waals surface area contributed by atoms with Gasteiger partial charge in [-0.2, -0.15) is 0 Å². The minimum Gasteiger partial charge on any atom is -0.315 e. The van der Waals surface area contributed by atoms with Crippen LogP contribution in [0.4, 0.5) is 0 Å². The van der Waals surface area contributed by atoms with Gasteiger partial charge in [-0.25, -0.2) is 0 Å². The molecule has 2 heteroatoms. The first-order valence-electron chi connectivity index (χ1n) is 6.70. The quantitative estimate of drug-likeness (QED) is 0.843. The average molecular weight is 232 g/mol. The van der Waals surface area contributed by atoms with Crippen molar-refractivity contribution in [1.82, 2.24) is 10.2 Å². The lowest BCUT2D eigenvalue weighted by Gasteiger charge is -2.29. The van der Waals surface area contributed by atoms with E-state index in [1.54, 1.807) is 0 Å². The van der Waals surface area contributed by atoms with Crippen LogP contribution in [0.1, 0.15) is 36.1 Å². The molecule has 0 aliphatic carbocycles. The van der Waals surface area contributed by atoms with Crippen molar-refractivity contribution in [2.45, 2.75) is 33.2 Å². The van der Waals surface area contributed by atoms with Crippen molar-refractivity contribution in [3.05, 3.63) is 34.9 Å². The number of rotatable bonds is 2. The van der Waals surface area contributed by atoms with Gasteiger partial charge in [0.05, 0.1) is 0 Å². The second-order valence-electron chi connectivity index (χ2n) is 5.18. The lowest BCUT2D eigenvalue weighted by Crippen LogP contribution is -2.31. The van der Waals surface area contributed by atoms with E-state index in [2.05, 4.69) is 49.2 Å². The molecule has 0 amide bonds. The van der Waals surface area contributed by atoms with Gasteiger partial charge < -0.3 is 5.32 Å². The van der Waals surface area contributed by atoms with Crippen molar-refractivity contribution in [3.63, 3.8) is 0 Å². The molecule has 0 bridgehead atoms. The first kappa shape index (κ1) is 12.6. The van der Waals surface area contributed by atoms with E-state index in [1.165, 1.54) is 29.7 Å². The molecule has 94 valence electrons. The third-order valence-corrected chi connectivity index (χ3v) is 3.81. The van der Waals surface area contributed by atoms with Crippen LogP contribution in [0.3, 0.4) is 0 Å². The van der Waals surface area contributed by atoms with Crippen LogP contribution in [-0.4, -0.2) is 31.1 Å². The molecule has 0 saturated carbocycles. The monoisotopic (exact) mass is 232 g/mol. The second-order valence-corrected chi connectivity index (χ2v) is 5.18. The number of aryl methyl sites for hydroxylation is 2. The molecule has 1 saturated heterocycles. The molecule has 2 rings (SSSR count). The van der Waals surface area contributed by atoms with Gasteiger partial charge in [-0.05, 0) is 51.4 Å². The van der Waals surface area contributed by atoms with Gasteiger partial charge in [-0.3, -0.25) is 4.90 Å². The summed E-state index contributed by atoms with van der Waals surface area (Å²) in [5.41, 5.74) is 4.28. The Morgan fingerprint density at radius 3 is 2.82 bits per heavy atom. The van der Waals surface area contributed by atoms with E-state index in [1.807, 2.05) is 0 Å². The molecule has 1 atom stereocenters. The van der Waals surface area contributed by atoms with Crippen molar-refractivity contribution in [2.75, 3.05) is 26.2 Å². The fraction of sp³-hybridized carbons (Fsp3) is 0.600. The lowest BCUT2D eigenvalue weighted by atomic mass is 9.99. The molecule has 1 unspecified atom stereocenters. The lowest BCUT2D eigenvalue weighted by molar-refractivity contribution is 0.225. The summed E-state index contributed by atoms with van der Waals surface area (Å²) in [5.74, 6) is 0. The maximum absolute atomic E-state index is 3.47. The van der Waals surface area contributed by atoms with E-state index in [9.17, 15) is 0 Å². The van der Waals surface area contributed by atoms with Crippen LogP contribution in [0.2, 0.25) is 0 Å². The molecule has 0 spiro atoms. The predicted molar refractivity (Wildman–Crippen MR) is 73.4 cm³/mol. The highest BCUT2D eigenvalue weighted by Gasteiger charge is 2.18. The fourth-order valence-corrected chi connectivity index (χ4v) is 2.66. The van der Waals surface area contributed by atoms with Crippen LogP contribution in [0.15, 0.2) is 18.2 Å². The molecule has 17 heavy (non-hydrogen) atoms. The Kier molecular flexibility index (Phi) is 4.19. The van der Waals surface area contributed by atoms with Crippen molar-refractivity contribution >= 4 is 0 Å². The van der Waals surface area contributed by atoms with Crippen LogP contribution < -0.4 is 5.32 Å². The summed E-state index contributed by atoms with van der Waals surface area (Å²) in [5, 5.41) is 3.47. The topological polar surface area (TPSA) is 15.3 Å². The molecular formula is C15H24N2. The zero-order valence-corrected chi connectivity index (χ0v) is 11.3. The van der Waals surface area contributed by atoms with Crippen molar-refractivity contribution in [3.8, 4) is 0 Å². The van der Waals surface area contributed by atoms with E-state index >= 15 is 0 Å². The Labute approximate surface area is 105 Å². The van der Waals surface area contributed by atoms with Crippen LogP contribution in [0.25, 0.3) is 0 Å². The van der Waals surface area contributed by atoms with E-state index < -0.39 is 0 Å². The van der Waals surface area contributed by atoms with E-state index in [0.29, 0.717) is 6.04 Å². The summed E-state index contributed by atoms with van der Waals surface area (Å²) in [6, 6.07) is 7.33. The fourth-order valence-electron chi connectivity index (χ4n) is 2.66. The number of hydrogen-bond donors (Lipinski definition) is 1. The maximum Gasteiger partial charge on any atom is 0.0323 e. The molecule has 1 fully saturated rings. The third kappa shape index (κ3) is 3.08. The largest absolute Gasteiger partial charge is 0.315 e. The molecule has 1 aromatic rings. The standard InChI is InChI=1S/C15H24N2/c1-12-5-6-13(2)15(11-12)14(3)17-9-4-7-16-8-10-17/h5-6,11,14,16H,4,7-10H2,1-3H3. The third-order valence-electron chi connectivity index (χ3n) is 3.81. The van der Waals surface area contributed by atoms with Crippen LogP contribution in [0.5, 0.6) is 0 Å². The van der Waals surface area contributed by atoms with Crippen molar-refractivity contribution in [2.24, 2.45) is 0 Å². The molecule has 1 aliphatic rings. The summed E-state index contributed by atoms with van der Waals surface area (Å²) >= 11 is 0. The Bertz CT molecular complexity index is 365. The van der Waals surface area contributed by atoms with Gasteiger partial charge >= 0.3 is 0 Å². The van der Waals surface area contributed by atoms with Crippen LogP contribution in [0, 0.1) is 13.8 Å². The van der Waals surface area contributed by atoms with Crippen LogP contribution >= 0.6 is 0 Å². The highest BCUT2D eigenvalue weighted by molar-refractivity contribution is 5.32. The smallest absolute Gasteiger partial charge is 0.0323 e. The first-order chi connectivity index (χ1) is 8.18. The van der Waals surface area contributed by atoms with Gasteiger partial charge in [0, 0.05) is 19.1 Å². The summed E-state index contributed by atoms with van der Waals surface area (Å²) < 4.78 is 0. The van der Waals surface area contributed by atoms with Gasteiger partial charge in [-0.1, -0.05) is 23.8 Å². The minimum atomic E-state index is 0.537. The second kappa shape index (κ2) is 5.65. The molecule has 2 nitrogen and oxygen atoms in total. The molecule has 0 aromatic heterocycles. The SMILES string of the molecule is Cc1ccc(C)c(C(C)N2CCCNCC2)c1. The van der Waals surface area contributed by atoms with Crippen molar-refractivity contribution < 1.29 is 0 Å². The summed E-state index contributed by atoms with van der Waals surface area (Å²) in [6.07, 6.45) is 1.26. The Morgan fingerprint density at radius 1 is 1.18 bits per heavy atom. The zero-order valence-electron chi connectivity index (χ0n) is 11.3. The van der Waals surface area contributed by atoms with Gasteiger partial charge in [-0.15, -0.1) is 0 Å². The number of nitrogens with zero attached hydrogens (tertiary/aromatic N) is 1. The highest BCUT2D eigenvalue weighted by Crippen LogP contribution is 2.24. The average Bonchev–Trinajstić information content (AvgIpc) is 2.60. The molecule has 1 heterocycles. The number of benzene rings is 1. The maximum atomic E-state index is 3.47. The normalized spacial score (nSPS) is 19.9. The molecule has 0 radical (unpaired) electrons. The Balaban J connectivity index is 2.16. The zero-order chi connectivity index (χ0) is 12.3. The molecule has 1 N–H and O–H groups in total. The summed E-state index contributed by atoms with van der Waals surface area (Å²) in [4.78, 5) is 2.60. The first-order valence-corrected chi connectivity index (χ1v) is 6.70. The van der Waals surface area contributed by atoms with Gasteiger partial charge in [0.25, 0.3) is 0 Å². The Hall–Kier alpha value is -0.860. The summed E-state index contributed by atoms with van der Waals surface area (Å²) in [6.45, 7) is 11.4. The predicted octanol–water partition coefficient (Wildman–Crippen LogP) is 2.66. The van der Waals surface area contributed by atoms with E-state index in [4.69, 9.17) is 0 Å². The summed E-state index contributed by atoms with van der Waals surface area (Å²) in [7, 11) is 0. The van der Waals surface area contributed by atoms with Gasteiger partial charge in [0.15, 0.2) is 0 Å². The van der Waals surface area contributed by atoms with Crippen molar-refractivity contribution in [1.29, 1.82) is 0 Å². The van der Waals surface area contributed by atoms with E-state index in [0.717, 1.165) is 19.6 Å². The number of hydrogen-bond acceptors (Lipinski definition) is 2.